The van der Waals surface area contributed by atoms with E-state index in [-0.39, 0.29) is 12.0 Å². The van der Waals surface area contributed by atoms with Crippen molar-refractivity contribution in [3.05, 3.63) is 71.3 Å². The van der Waals surface area contributed by atoms with Gasteiger partial charge in [0.05, 0.1) is 6.10 Å². The summed E-state index contributed by atoms with van der Waals surface area (Å²) in [4.78, 5) is 0. The highest BCUT2D eigenvalue weighted by Crippen LogP contribution is 2.29. The lowest BCUT2D eigenvalue weighted by molar-refractivity contribution is 0.0989. The van der Waals surface area contributed by atoms with E-state index in [2.05, 4.69) is 0 Å². The average molecular weight is 276 g/mol. The van der Waals surface area contributed by atoms with Crippen LogP contribution in [0.15, 0.2) is 48.5 Å². The fraction of sp³-hybridized carbons (Fsp3) is 0.294. The largest absolute Gasteiger partial charge is 0.392 e. The van der Waals surface area contributed by atoms with E-state index in [0.717, 1.165) is 11.6 Å². The summed E-state index contributed by atoms with van der Waals surface area (Å²) in [6.07, 6.45) is -0.730. The molecule has 1 nitrogen and oxygen atoms in total. The van der Waals surface area contributed by atoms with Crippen LogP contribution in [-0.4, -0.2) is 11.2 Å². The Morgan fingerprint density at radius 3 is 2.30 bits per heavy atom. The summed E-state index contributed by atoms with van der Waals surface area (Å²) in [5.41, 5.74) is 0.617. The molecule has 0 bridgehead atoms. The number of hydrogen-bond donors (Lipinski definition) is 1. The molecule has 3 heteroatoms. The molecule has 0 aliphatic heterocycles. The Balaban J connectivity index is 2.23. The SMILES string of the molecule is CC(C)(c1ccccc1)C(O)Cc1cccc(F)c1F. The second-order valence-electron chi connectivity index (χ2n) is 5.52. The second-order valence-corrected chi connectivity index (χ2v) is 5.52. The Hall–Kier alpha value is -1.74. The molecule has 106 valence electrons. The highest BCUT2D eigenvalue weighted by atomic mass is 19.2. The van der Waals surface area contributed by atoms with Crippen LogP contribution in [0.3, 0.4) is 0 Å². The van der Waals surface area contributed by atoms with Crippen molar-refractivity contribution < 1.29 is 13.9 Å². The van der Waals surface area contributed by atoms with Crippen LogP contribution < -0.4 is 0 Å². The number of rotatable bonds is 4. The summed E-state index contributed by atoms with van der Waals surface area (Å²) in [5, 5.41) is 10.4. The lowest BCUT2D eigenvalue weighted by atomic mass is 9.77. The van der Waals surface area contributed by atoms with E-state index < -0.39 is 23.2 Å². The molecule has 0 heterocycles. The number of aliphatic hydroxyl groups is 1. The summed E-state index contributed by atoms with van der Waals surface area (Å²) in [6, 6.07) is 13.6. The lowest BCUT2D eigenvalue weighted by Crippen LogP contribution is -2.35. The molecule has 0 saturated carbocycles. The topological polar surface area (TPSA) is 20.2 Å². The Labute approximate surface area is 117 Å². The minimum absolute atomic E-state index is 0.0749. The molecule has 2 rings (SSSR count). The van der Waals surface area contributed by atoms with Crippen molar-refractivity contribution in [2.75, 3.05) is 0 Å². The summed E-state index contributed by atoms with van der Waals surface area (Å²) in [7, 11) is 0. The van der Waals surface area contributed by atoms with Gasteiger partial charge in [0.25, 0.3) is 0 Å². The summed E-state index contributed by atoms with van der Waals surface area (Å²) >= 11 is 0. The second kappa shape index (κ2) is 5.71. The minimum atomic E-state index is -0.882. The maximum Gasteiger partial charge on any atom is 0.162 e. The van der Waals surface area contributed by atoms with Crippen molar-refractivity contribution in [1.29, 1.82) is 0 Å². The molecule has 0 fully saturated rings. The Morgan fingerprint density at radius 1 is 1.00 bits per heavy atom. The standard InChI is InChI=1S/C17H18F2O/c1-17(2,13-8-4-3-5-9-13)15(20)11-12-7-6-10-14(18)16(12)19/h3-10,15,20H,11H2,1-2H3. The minimum Gasteiger partial charge on any atom is -0.392 e. The summed E-state index contributed by atoms with van der Waals surface area (Å²) < 4.78 is 26.9. The summed E-state index contributed by atoms with van der Waals surface area (Å²) in [6.45, 7) is 3.79. The van der Waals surface area contributed by atoms with E-state index in [0.29, 0.717) is 0 Å². The van der Waals surface area contributed by atoms with Gasteiger partial charge in [0.1, 0.15) is 0 Å². The van der Waals surface area contributed by atoms with Crippen LogP contribution in [0.5, 0.6) is 0 Å². The van der Waals surface area contributed by atoms with Crippen LogP contribution in [0.2, 0.25) is 0 Å². The maximum atomic E-state index is 13.7. The van der Waals surface area contributed by atoms with E-state index in [1.807, 2.05) is 44.2 Å². The molecule has 1 unspecified atom stereocenters. The van der Waals surface area contributed by atoms with Gasteiger partial charge in [-0.1, -0.05) is 56.3 Å². The van der Waals surface area contributed by atoms with Crippen LogP contribution in [-0.2, 0) is 11.8 Å². The first kappa shape index (κ1) is 14.7. The molecule has 2 aromatic rings. The van der Waals surface area contributed by atoms with E-state index in [1.165, 1.54) is 12.1 Å². The molecule has 0 spiro atoms. The van der Waals surface area contributed by atoms with Crippen molar-refractivity contribution >= 4 is 0 Å². The zero-order chi connectivity index (χ0) is 14.8. The van der Waals surface area contributed by atoms with Gasteiger partial charge in [0.2, 0.25) is 0 Å². The maximum absolute atomic E-state index is 13.7. The predicted molar refractivity (Wildman–Crippen MR) is 75.5 cm³/mol. The van der Waals surface area contributed by atoms with Crippen LogP contribution in [0.4, 0.5) is 8.78 Å². The molecule has 0 aromatic heterocycles. The van der Waals surface area contributed by atoms with Crippen LogP contribution in [0, 0.1) is 11.6 Å². The third-order valence-electron chi connectivity index (χ3n) is 3.80. The Kier molecular flexibility index (Phi) is 4.19. The molecule has 0 amide bonds. The zero-order valence-electron chi connectivity index (χ0n) is 11.6. The van der Waals surface area contributed by atoms with Gasteiger partial charge in [-0.2, -0.15) is 0 Å². The number of aliphatic hydroxyl groups excluding tert-OH is 1. The number of hydrogen-bond acceptors (Lipinski definition) is 1. The van der Waals surface area contributed by atoms with E-state index >= 15 is 0 Å². The van der Waals surface area contributed by atoms with Gasteiger partial charge in [-0.3, -0.25) is 0 Å². The predicted octanol–water partition coefficient (Wildman–Crippen LogP) is 3.85. The molecule has 2 aromatic carbocycles. The molecule has 20 heavy (non-hydrogen) atoms. The smallest absolute Gasteiger partial charge is 0.162 e. The normalized spacial score (nSPS) is 13.2. The van der Waals surface area contributed by atoms with Gasteiger partial charge in [-0.25, -0.2) is 8.78 Å². The Morgan fingerprint density at radius 2 is 1.65 bits per heavy atom. The lowest BCUT2D eigenvalue weighted by Gasteiger charge is -2.31. The zero-order valence-corrected chi connectivity index (χ0v) is 11.6. The van der Waals surface area contributed by atoms with Crippen molar-refractivity contribution in [2.24, 2.45) is 0 Å². The van der Waals surface area contributed by atoms with E-state index in [9.17, 15) is 13.9 Å². The van der Waals surface area contributed by atoms with Crippen LogP contribution >= 0.6 is 0 Å². The summed E-state index contributed by atoms with van der Waals surface area (Å²) in [5.74, 6) is -1.76. The first-order valence-corrected chi connectivity index (χ1v) is 6.59. The average Bonchev–Trinajstić information content (AvgIpc) is 2.44. The molecule has 0 aliphatic rings. The molecular formula is C17H18F2O. The molecule has 0 saturated heterocycles. The van der Waals surface area contributed by atoms with Crippen molar-refractivity contribution in [3.63, 3.8) is 0 Å². The van der Waals surface area contributed by atoms with Crippen LogP contribution in [0.25, 0.3) is 0 Å². The van der Waals surface area contributed by atoms with Gasteiger partial charge in [0.15, 0.2) is 11.6 Å². The molecule has 1 atom stereocenters. The molecule has 1 N–H and O–H groups in total. The fourth-order valence-electron chi connectivity index (χ4n) is 2.23. The molecular weight excluding hydrogens is 258 g/mol. The van der Waals surface area contributed by atoms with E-state index in [4.69, 9.17) is 0 Å². The highest BCUT2D eigenvalue weighted by molar-refractivity contribution is 5.27. The third-order valence-corrected chi connectivity index (χ3v) is 3.80. The van der Waals surface area contributed by atoms with Crippen molar-refractivity contribution in [2.45, 2.75) is 31.8 Å². The van der Waals surface area contributed by atoms with Crippen molar-refractivity contribution in [3.8, 4) is 0 Å². The molecule has 0 aliphatic carbocycles. The first-order chi connectivity index (χ1) is 9.43. The van der Waals surface area contributed by atoms with Gasteiger partial charge < -0.3 is 5.11 Å². The number of benzene rings is 2. The highest BCUT2D eigenvalue weighted by Gasteiger charge is 2.30. The van der Waals surface area contributed by atoms with Gasteiger partial charge in [-0.05, 0) is 17.2 Å². The fourth-order valence-corrected chi connectivity index (χ4v) is 2.23. The van der Waals surface area contributed by atoms with Crippen molar-refractivity contribution in [1.82, 2.24) is 0 Å². The van der Waals surface area contributed by atoms with Gasteiger partial charge >= 0.3 is 0 Å². The quantitative estimate of drug-likeness (QED) is 0.899. The van der Waals surface area contributed by atoms with Gasteiger partial charge in [0, 0.05) is 11.8 Å². The monoisotopic (exact) mass is 276 g/mol. The molecule has 0 radical (unpaired) electrons. The first-order valence-electron chi connectivity index (χ1n) is 6.59. The van der Waals surface area contributed by atoms with Gasteiger partial charge in [-0.15, -0.1) is 0 Å². The van der Waals surface area contributed by atoms with Crippen LogP contribution in [0.1, 0.15) is 25.0 Å². The third kappa shape index (κ3) is 2.88. The number of halogens is 2. The van der Waals surface area contributed by atoms with E-state index in [1.54, 1.807) is 0 Å². The Bertz CT molecular complexity index is 579.